The SMILES string of the molecule is Fc1ccc(-c2ncc[nH]c2=S)c(F)c1. The van der Waals surface area contributed by atoms with Crippen LogP contribution in [0.4, 0.5) is 8.78 Å². The molecule has 1 aromatic carbocycles. The molecule has 15 heavy (non-hydrogen) atoms. The summed E-state index contributed by atoms with van der Waals surface area (Å²) in [4.78, 5) is 6.67. The number of hydrogen-bond acceptors (Lipinski definition) is 2. The molecule has 0 atom stereocenters. The molecule has 76 valence electrons. The van der Waals surface area contributed by atoms with Gasteiger partial charge in [-0.3, -0.25) is 4.98 Å². The molecule has 0 bridgehead atoms. The smallest absolute Gasteiger partial charge is 0.135 e. The number of nitrogens with zero attached hydrogens (tertiary/aromatic N) is 1. The quantitative estimate of drug-likeness (QED) is 0.754. The Kier molecular flexibility index (Phi) is 2.55. The number of aromatic amines is 1. The van der Waals surface area contributed by atoms with Crippen molar-refractivity contribution in [3.63, 3.8) is 0 Å². The molecule has 1 aromatic heterocycles. The minimum atomic E-state index is -0.673. The van der Waals surface area contributed by atoms with Crippen molar-refractivity contribution in [2.75, 3.05) is 0 Å². The maximum absolute atomic E-state index is 13.4. The second-order valence-electron chi connectivity index (χ2n) is 2.89. The number of benzene rings is 1. The van der Waals surface area contributed by atoms with Crippen molar-refractivity contribution < 1.29 is 8.78 Å². The first-order valence-corrected chi connectivity index (χ1v) is 4.58. The summed E-state index contributed by atoms with van der Waals surface area (Å²) in [5.74, 6) is -1.30. The topological polar surface area (TPSA) is 28.7 Å². The highest BCUT2D eigenvalue weighted by Crippen LogP contribution is 2.21. The second-order valence-corrected chi connectivity index (χ2v) is 3.30. The fourth-order valence-electron chi connectivity index (χ4n) is 1.23. The molecule has 0 aliphatic carbocycles. The van der Waals surface area contributed by atoms with Crippen molar-refractivity contribution >= 4 is 12.2 Å². The van der Waals surface area contributed by atoms with Gasteiger partial charge in [-0.2, -0.15) is 0 Å². The molecule has 2 aromatic rings. The maximum atomic E-state index is 13.4. The van der Waals surface area contributed by atoms with Crippen LogP contribution in [0.3, 0.4) is 0 Å². The third kappa shape index (κ3) is 1.92. The van der Waals surface area contributed by atoms with E-state index in [0.717, 1.165) is 6.07 Å². The molecule has 0 amide bonds. The fourth-order valence-corrected chi connectivity index (χ4v) is 1.46. The highest BCUT2D eigenvalue weighted by Gasteiger charge is 2.08. The standard InChI is InChI=1S/C10H6F2N2S/c11-6-1-2-7(8(12)5-6)9-10(15)14-4-3-13-9/h1-5H,(H,14,15). The Morgan fingerprint density at radius 1 is 1.27 bits per heavy atom. The number of nitrogens with one attached hydrogen (secondary N) is 1. The highest BCUT2D eigenvalue weighted by molar-refractivity contribution is 7.71. The molecule has 0 saturated carbocycles. The van der Waals surface area contributed by atoms with Crippen LogP contribution in [-0.4, -0.2) is 9.97 Å². The molecular formula is C10H6F2N2S. The normalized spacial score (nSPS) is 10.3. The summed E-state index contributed by atoms with van der Waals surface area (Å²) < 4.78 is 26.4. The molecule has 5 heteroatoms. The maximum Gasteiger partial charge on any atom is 0.135 e. The van der Waals surface area contributed by atoms with Crippen LogP contribution < -0.4 is 0 Å². The van der Waals surface area contributed by atoms with Crippen molar-refractivity contribution in [3.8, 4) is 11.3 Å². The summed E-state index contributed by atoms with van der Waals surface area (Å²) in [5, 5.41) is 0. The van der Waals surface area contributed by atoms with Crippen molar-refractivity contribution in [2.45, 2.75) is 0 Å². The summed E-state index contributed by atoms with van der Waals surface area (Å²) in [6.45, 7) is 0. The van der Waals surface area contributed by atoms with Crippen molar-refractivity contribution in [3.05, 3.63) is 46.9 Å². The van der Waals surface area contributed by atoms with E-state index in [1.165, 1.54) is 18.3 Å². The summed E-state index contributed by atoms with van der Waals surface area (Å²) in [6.07, 6.45) is 3.02. The Labute approximate surface area is 89.6 Å². The Morgan fingerprint density at radius 2 is 2.07 bits per heavy atom. The first-order chi connectivity index (χ1) is 7.18. The van der Waals surface area contributed by atoms with Gasteiger partial charge >= 0.3 is 0 Å². The van der Waals surface area contributed by atoms with Gasteiger partial charge < -0.3 is 4.98 Å². The molecule has 0 unspecified atom stereocenters. The third-order valence-corrected chi connectivity index (χ3v) is 2.21. The van der Waals surface area contributed by atoms with Crippen molar-refractivity contribution in [1.82, 2.24) is 9.97 Å². The molecule has 0 fully saturated rings. The largest absolute Gasteiger partial charge is 0.350 e. The van der Waals surface area contributed by atoms with Crippen LogP contribution >= 0.6 is 12.2 Å². The van der Waals surface area contributed by atoms with Crippen LogP contribution in [0.5, 0.6) is 0 Å². The van der Waals surface area contributed by atoms with Gasteiger partial charge in [0, 0.05) is 24.0 Å². The molecule has 0 aliphatic heterocycles. The van der Waals surface area contributed by atoms with Gasteiger partial charge in [0.05, 0.1) is 0 Å². The van der Waals surface area contributed by atoms with E-state index in [-0.39, 0.29) is 5.56 Å². The Bertz CT molecular complexity index is 551. The molecule has 0 aliphatic rings. The summed E-state index contributed by atoms with van der Waals surface area (Å²) in [5.41, 5.74) is 0.503. The van der Waals surface area contributed by atoms with E-state index in [9.17, 15) is 8.78 Å². The van der Waals surface area contributed by atoms with E-state index in [2.05, 4.69) is 9.97 Å². The lowest BCUT2D eigenvalue weighted by Gasteiger charge is -2.01. The van der Waals surface area contributed by atoms with E-state index in [1.807, 2.05) is 0 Å². The van der Waals surface area contributed by atoms with Gasteiger partial charge in [-0.1, -0.05) is 12.2 Å². The van der Waals surface area contributed by atoms with Gasteiger partial charge in [-0.15, -0.1) is 0 Å². The van der Waals surface area contributed by atoms with Gasteiger partial charge in [0.2, 0.25) is 0 Å². The molecule has 1 heterocycles. The van der Waals surface area contributed by atoms with Crippen LogP contribution in [0, 0.1) is 16.3 Å². The number of aromatic nitrogens is 2. The molecule has 1 N–H and O–H groups in total. The fraction of sp³-hybridized carbons (Fsp3) is 0. The second kappa shape index (κ2) is 3.86. The molecule has 0 radical (unpaired) electrons. The van der Waals surface area contributed by atoms with Gasteiger partial charge in [-0.25, -0.2) is 8.78 Å². The predicted octanol–water partition coefficient (Wildman–Crippen LogP) is 3.08. The molecule has 0 spiro atoms. The average molecular weight is 224 g/mol. The first-order valence-electron chi connectivity index (χ1n) is 4.17. The van der Waals surface area contributed by atoms with E-state index < -0.39 is 11.6 Å². The zero-order chi connectivity index (χ0) is 10.8. The number of H-pyrrole nitrogens is 1. The van der Waals surface area contributed by atoms with Crippen molar-refractivity contribution in [1.29, 1.82) is 0 Å². The zero-order valence-electron chi connectivity index (χ0n) is 7.50. The summed E-state index contributed by atoms with van der Waals surface area (Å²) in [7, 11) is 0. The monoisotopic (exact) mass is 224 g/mol. The van der Waals surface area contributed by atoms with Crippen LogP contribution in [0.15, 0.2) is 30.6 Å². The molecule has 2 rings (SSSR count). The lowest BCUT2D eigenvalue weighted by molar-refractivity contribution is 0.585. The first kappa shape index (κ1) is 9.92. The summed E-state index contributed by atoms with van der Waals surface area (Å²) >= 11 is 4.95. The predicted molar refractivity (Wildman–Crippen MR) is 54.8 cm³/mol. The van der Waals surface area contributed by atoms with E-state index in [0.29, 0.717) is 10.3 Å². The van der Waals surface area contributed by atoms with Crippen LogP contribution in [0.1, 0.15) is 0 Å². The number of rotatable bonds is 1. The number of halogens is 2. The minimum Gasteiger partial charge on any atom is -0.350 e. The van der Waals surface area contributed by atoms with Gasteiger partial charge in [0.25, 0.3) is 0 Å². The Hall–Kier alpha value is -1.62. The van der Waals surface area contributed by atoms with Gasteiger partial charge in [0.15, 0.2) is 0 Å². The number of hydrogen-bond donors (Lipinski definition) is 1. The third-order valence-electron chi connectivity index (χ3n) is 1.89. The van der Waals surface area contributed by atoms with Crippen molar-refractivity contribution in [2.24, 2.45) is 0 Å². The Balaban J connectivity index is 2.65. The van der Waals surface area contributed by atoms with Gasteiger partial charge in [-0.05, 0) is 12.1 Å². The van der Waals surface area contributed by atoms with E-state index in [1.54, 1.807) is 6.20 Å². The molecule has 0 saturated heterocycles. The van der Waals surface area contributed by atoms with E-state index in [4.69, 9.17) is 12.2 Å². The van der Waals surface area contributed by atoms with Crippen LogP contribution in [0.2, 0.25) is 0 Å². The average Bonchev–Trinajstić information content (AvgIpc) is 2.20. The molecular weight excluding hydrogens is 218 g/mol. The molecule has 2 nitrogen and oxygen atoms in total. The lowest BCUT2D eigenvalue weighted by Crippen LogP contribution is -1.91. The van der Waals surface area contributed by atoms with Gasteiger partial charge in [0.1, 0.15) is 22.0 Å². The lowest BCUT2D eigenvalue weighted by atomic mass is 10.1. The highest BCUT2D eigenvalue weighted by atomic mass is 32.1. The minimum absolute atomic E-state index is 0.193. The van der Waals surface area contributed by atoms with Crippen LogP contribution in [0.25, 0.3) is 11.3 Å². The zero-order valence-corrected chi connectivity index (χ0v) is 8.31. The Morgan fingerprint density at radius 3 is 2.73 bits per heavy atom. The van der Waals surface area contributed by atoms with Crippen LogP contribution in [-0.2, 0) is 0 Å². The summed E-state index contributed by atoms with van der Waals surface area (Å²) in [6, 6.07) is 3.29. The van der Waals surface area contributed by atoms with E-state index >= 15 is 0 Å².